The molecule has 2 aromatic rings. The third-order valence-electron chi connectivity index (χ3n) is 3.33. The van der Waals surface area contributed by atoms with Gasteiger partial charge in [-0.1, -0.05) is 11.8 Å². The highest BCUT2D eigenvalue weighted by molar-refractivity contribution is 8.00. The third kappa shape index (κ3) is 3.36. The number of carbonyl (C=O) groups is 1. The van der Waals surface area contributed by atoms with Crippen molar-refractivity contribution < 1.29 is 9.53 Å². The molecule has 3 rings (SSSR count). The van der Waals surface area contributed by atoms with Crippen LogP contribution in [-0.2, 0) is 9.53 Å². The van der Waals surface area contributed by atoms with Gasteiger partial charge < -0.3 is 9.64 Å². The highest BCUT2D eigenvalue weighted by Gasteiger charge is 2.25. The molecule has 0 bridgehead atoms. The number of amides is 1. The summed E-state index contributed by atoms with van der Waals surface area (Å²) < 4.78 is 5.66. The van der Waals surface area contributed by atoms with Crippen LogP contribution in [0.15, 0.2) is 22.8 Å². The lowest BCUT2D eigenvalue weighted by molar-refractivity contribution is -0.140. The van der Waals surface area contributed by atoms with Gasteiger partial charge in [-0.3, -0.25) is 4.79 Å². The van der Waals surface area contributed by atoms with Crippen molar-refractivity contribution in [1.82, 2.24) is 14.9 Å². The molecule has 0 saturated carbocycles. The van der Waals surface area contributed by atoms with Crippen LogP contribution in [0.1, 0.15) is 13.8 Å². The zero-order valence-corrected chi connectivity index (χ0v) is 13.6. The SMILES string of the molecule is C[C@H]1CN(C(=O)CSc2ncnc3sccc23)C[C@H](C)O1. The molecule has 1 aliphatic heterocycles. The molecule has 0 aliphatic carbocycles. The van der Waals surface area contributed by atoms with Crippen molar-refractivity contribution in [3.8, 4) is 0 Å². The number of hydrogen-bond acceptors (Lipinski definition) is 6. The van der Waals surface area contributed by atoms with Crippen LogP contribution in [0, 0.1) is 0 Å². The van der Waals surface area contributed by atoms with Crippen molar-refractivity contribution in [1.29, 1.82) is 0 Å². The smallest absolute Gasteiger partial charge is 0.233 e. The summed E-state index contributed by atoms with van der Waals surface area (Å²) >= 11 is 3.07. The Morgan fingerprint density at radius 2 is 2.19 bits per heavy atom. The molecule has 5 nitrogen and oxygen atoms in total. The summed E-state index contributed by atoms with van der Waals surface area (Å²) in [6.07, 6.45) is 1.76. The molecule has 3 heterocycles. The zero-order chi connectivity index (χ0) is 14.8. The van der Waals surface area contributed by atoms with E-state index in [9.17, 15) is 4.79 Å². The fraction of sp³-hybridized carbons (Fsp3) is 0.500. The first-order chi connectivity index (χ1) is 10.1. The van der Waals surface area contributed by atoms with E-state index in [1.165, 1.54) is 11.8 Å². The van der Waals surface area contributed by atoms with E-state index in [1.807, 2.05) is 30.2 Å². The fourth-order valence-corrected chi connectivity index (χ4v) is 4.17. The Bertz CT molecular complexity index is 636. The lowest BCUT2D eigenvalue weighted by Gasteiger charge is -2.35. The highest BCUT2D eigenvalue weighted by Crippen LogP contribution is 2.27. The van der Waals surface area contributed by atoms with Gasteiger partial charge in [-0.2, -0.15) is 0 Å². The predicted octanol–water partition coefficient (Wildman–Crippen LogP) is 2.42. The van der Waals surface area contributed by atoms with Crippen molar-refractivity contribution in [2.75, 3.05) is 18.8 Å². The summed E-state index contributed by atoms with van der Waals surface area (Å²) in [7, 11) is 0. The topological polar surface area (TPSA) is 55.3 Å². The second-order valence-corrected chi connectivity index (χ2v) is 7.02. The van der Waals surface area contributed by atoms with Gasteiger partial charge in [0.2, 0.25) is 5.91 Å². The number of carbonyl (C=O) groups excluding carboxylic acids is 1. The number of rotatable bonds is 3. The lowest BCUT2D eigenvalue weighted by Crippen LogP contribution is -2.48. The molecule has 0 spiro atoms. The predicted molar refractivity (Wildman–Crippen MR) is 84.7 cm³/mol. The normalized spacial score (nSPS) is 22.7. The number of fused-ring (bicyclic) bond motifs is 1. The van der Waals surface area contributed by atoms with Crippen LogP contribution in [0.4, 0.5) is 0 Å². The van der Waals surface area contributed by atoms with E-state index in [0.717, 1.165) is 15.2 Å². The summed E-state index contributed by atoms with van der Waals surface area (Å²) in [6.45, 7) is 5.34. The van der Waals surface area contributed by atoms with E-state index in [4.69, 9.17) is 4.74 Å². The molecule has 7 heteroatoms. The molecule has 21 heavy (non-hydrogen) atoms. The van der Waals surface area contributed by atoms with E-state index in [0.29, 0.717) is 18.8 Å². The second-order valence-electron chi connectivity index (χ2n) is 5.16. The zero-order valence-electron chi connectivity index (χ0n) is 12.0. The van der Waals surface area contributed by atoms with E-state index in [1.54, 1.807) is 17.7 Å². The molecule has 1 aliphatic rings. The first kappa shape index (κ1) is 14.7. The number of morpholine rings is 1. The first-order valence-electron chi connectivity index (χ1n) is 6.87. The van der Waals surface area contributed by atoms with E-state index in [2.05, 4.69) is 9.97 Å². The molecule has 2 aromatic heterocycles. The van der Waals surface area contributed by atoms with E-state index in [-0.39, 0.29) is 18.1 Å². The average Bonchev–Trinajstić information content (AvgIpc) is 2.92. The van der Waals surface area contributed by atoms with Crippen molar-refractivity contribution in [2.24, 2.45) is 0 Å². The first-order valence-corrected chi connectivity index (χ1v) is 8.74. The Balaban J connectivity index is 1.64. The summed E-state index contributed by atoms with van der Waals surface area (Å²) in [6, 6.07) is 2.01. The number of ether oxygens (including phenoxy) is 1. The van der Waals surface area contributed by atoms with Crippen LogP contribution >= 0.6 is 23.1 Å². The van der Waals surface area contributed by atoms with Gasteiger partial charge in [0.1, 0.15) is 16.2 Å². The molecule has 0 radical (unpaired) electrons. The summed E-state index contributed by atoms with van der Waals surface area (Å²) in [5, 5.41) is 3.91. The van der Waals surface area contributed by atoms with Crippen LogP contribution in [0.2, 0.25) is 0 Å². The van der Waals surface area contributed by atoms with Crippen LogP contribution in [-0.4, -0.2) is 51.8 Å². The standard InChI is InChI=1S/C14H17N3O2S2/c1-9-5-17(6-10(2)19-9)12(18)7-21-14-11-3-4-20-13(11)15-8-16-14/h3-4,8-10H,5-7H2,1-2H3/t9-,10-/m0/s1. The Morgan fingerprint density at radius 1 is 1.43 bits per heavy atom. The summed E-state index contributed by atoms with van der Waals surface area (Å²) in [4.78, 5) is 23.7. The van der Waals surface area contributed by atoms with Crippen LogP contribution in [0.5, 0.6) is 0 Å². The van der Waals surface area contributed by atoms with Crippen LogP contribution in [0.3, 0.4) is 0 Å². The van der Waals surface area contributed by atoms with E-state index < -0.39 is 0 Å². The lowest BCUT2D eigenvalue weighted by atomic mass is 10.2. The van der Waals surface area contributed by atoms with Gasteiger partial charge >= 0.3 is 0 Å². The van der Waals surface area contributed by atoms with Gasteiger partial charge in [0.25, 0.3) is 0 Å². The third-order valence-corrected chi connectivity index (χ3v) is 5.14. The van der Waals surface area contributed by atoms with Crippen LogP contribution < -0.4 is 0 Å². The molecule has 1 fully saturated rings. The van der Waals surface area contributed by atoms with Gasteiger partial charge in [0.05, 0.1) is 18.0 Å². The minimum absolute atomic E-state index is 0.102. The maximum absolute atomic E-state index is 12.3. The van der Waals surface area contributed by atoms with Gasteiger partial charge in [0, 0.05) is 18.5 Å². The van der Waals surface area contributed by atoms with E-state index >= 15 is 0 Å². The van der Waals surface area contributed by atoms with Crippen molar-refractivity contribution in [2.45, 2.75) is 31.1 Å². The fourth-order valence-electron chi connectivity index (χ4n) is 2.49. The van der Waals surface area contributed by atoms with Gasteiger partial charge in [-0.05, 0) is 25.3 Å². The van der Waals surface area contributed by atoms with Crippen molar-refractivity contribution in [3.63, 3.8) is 0 Å². The maximum atomic E-state index is 12.3. The van der Waals surface area contributed by atoms with Crippen LogP contribution in [0.25, 0.3) is 10.2 Å². The molecule has 1 saturated heterocycles. The molecule has 112 valence electrons. The number of aromatic nitrogens is 2. The molecular weight excluding hydrogens is 306 g/mol. The molecule has 1 amide bonds. The molecule has 2 atom stereocenters. The van der Waals surface area contributed by atoms with Gasteiger partial charge in [-0.25, -0.2) is 9.97 Å². The number of hydrogen-bond donors (Lipinski definition) is 0. The Morgan fingerprint density at radius 3 is 2.95 bits per heavy atom. The number of thiophene rings is 1. The Labute approximate surface area is 131 Å². The molecule has 0 aromatic carbocycles. The van der Waals surface area contributed by atoms with Gasteiger partial charge in [-0.15, -0.1) is 11.3 Å². The summed E-state index contributed by atoms with van der Waals surface area (Å²) in [5.74, 6) is 0.547. The average molecular weight is 323 g/mol. The molecule has 0 N–H and O–H groups in total. The van der Waals surface area contributed by atoms with Crippen molar-refractivity contribution >= 4 is 39.2 Å². The Hall–Kier alpha value is -1.18. The van der Waals surface area contributed by atoms with Crippen molar-refractivity contribution in [3.05, 3.63) is 17.8 Å². The minimum atomic E-state index is 0.102. The second kappa shape index (κ2) is 6.29. The number of nitrogens with zero attached hydrogens (tertiary/aromatic N) is 3. The molecular formula is C14H17N3O2S2. The highest BCUT2D eigenvalue weighted by atomic mass is 32.2. The largest absolute Gasteiger partial charge is 0.372 e. The monoisotopic (exact) mass is 323 g/mol. The minimum Gasteiger partial charge on any atom is -0.372 e. The molecule has 0 unspecified atom stereocenters. The Kier molecular flexibility index (Phi) is 4.42. The quantitative estimate of drug-likeness (QED) is 0.641. The maximum Gasteiger partial charge on any atom is 0.233 e. The number of thioether (sulfide) groups is 1. The van der Waals surface area contributed by atoms with Gasteiger partial charge in [0.15, 0.2) is 0 Å². The summed E-state index contributed by atoms with van der Waals surface area (Å²) in [5.41, 5.74) is 0.